The molecule has 3 saturated heterocycles. The topological polar surface area (TPSA) is 150 Å². The van der Waals surface area contributed by atoms with Crippen molar-refractivity contribution in [1.29, 1.82) is 0 Å². The van der Waals surface area contributed by atoms with E-state index < -0.39 is 63.8 Å². The van der Waals surface area contributed by atoms with E-state index in [9.17, 15) is 38.4 Å². The Bertz CT molecular complexity index is 2100. The minimum atomic E-state index is -1.06. The molecule has 65 heavy (non-hydrogen) atoms. The van der Waals surface area contributed by atoms with Gasteiger partial charge in [0.2, 0.25) is 47.3 Å². The van der Waals surface area contributed by atoms with Crippen LogP contribution < -0.4 is 0 Å². The van der Waals surface area contributed by atoms with Crippen LogP contribution in [0.4, 0.5) is 0 Å². The molecule has 8 amide bonds. The molecule has 12 nitrogen and oxygen atoms in total. The van der Waals surface area contributed by atoms with Crippen molar-refractivity contribution in [2.75, 3.05) is 0 Å². The number of amides is 8. The van der Waals surface area contributed by atoms with Gasteiger partial charge in [-0.3, -0.25) is 58.0 Å². The molecule has 4 aliphatic carbocycles. The second-order valence-corrected chi connectivity index (χ2v) is 23.5. The lowest BCUT2D eigenvalue weighted by molar-refractivity contribution is -0.162. The van der Waals surface area contributed by atoms with Crippen LogP contribution in [0.5, 0.6) is 0 Å². The molecule has 0 radical (unpaired) electrons. The van der Waals surface area contributed by atoms with Crippen molar-refractivity contribution >= 4 is 47.3 Å². The van der Waals surface area contributed by atoms with Crippen molar-refractivity contribution < 1.29 is 38.4 Å². The molecule has 6 fully saturated rings. The van der Waals surface area contributed by atoms with Crippen molar-refractivity contribution in [3.63, 3.8) is 0 Å². The van der Waals surface area contributed by atoms with E-state index in [2.05, 4.69) is 20.8 Å². The van der Waals surface area contributed by atoms with Gasteiger partial charge in [0, 0.05) is 41.7 Å². The summed E-state index contributed by atoms with van der Waals surface area (Å²) < 4.78 is 0. The minimum Gasteiger partial charge on any atom is -0.279 e. The van der Waals surface area contributed by atoms with Crippen molar-refractivity contribution in [1.82, 2.24) is 19.6 Å². The minimum absolute atomic E-state index is 0.0871. The fourth-order valence-corrected chi connectivity index (χ4v) is 12.6. The van der Waals surface area contributed by atoms with Crippen LogP contribution >= 0.6 is 0 Å². The first-order valence-corrected chi connectivity index (χ1v) is 24.5. The SMILES string of the molecule is CC(=O)N(C(=O)C1CCC2C(=O)N(C3CCCCC(C(C)(C)C)CCC3)C(=O)C2C1)C(C)(C)C(C)(C)C1=C/C=C\C(N2C(=O)C3CC4CC(CC3C2=O)C(=O)N(C(C)(C)C)C4=O)=C/C=C\1. The van der Waals surface area contributed by atoms with Crippen LogP contribution in [-0.4, -0.2) is 84.0 Å². The number of fused-ring (bicyclic) bond motifs is 4. The molecule has 0 N–H and O–H groups in total. The van der Waals surface area contributed by atoms with E-state index >= 15 is 0 Å². The second-order valence-electron chi connectivity index (χ2n) is 23.5. The zero-order valence-electron chi connectivity index (χ0n) is 40.9. The third-order valence-electron chi connectivity index (χ3n) is 17.0. The summed E-state index contributed by atoms with van der Waals surface area (Å²) in [6.07, 6.45) is 19.4. The fourth-order valence-electron chi connectivity index (χ4n) is 12.6. The average molecular weight is 895 g/mol. The van der Waals surface area contributed by atoms with Gasteiger partial charge >= 0.3 is 0 Å². The number of rotatable bonds is 6. The molecule has 3 saturated carbocycles. The van der Waals surface area contributed by atoms with Gasteiger partial charge in [0.25, 0.3) is 0 Å². The van der Waals surface area contributed by atoms with Crippen molar-refractivity contribution in [3.05, 3.63) is 47.7 Å². The molecule has 2 bridgehead atoms. The van der Waals surface area contributed by atoms with Gasteiger partial charge in [0.15, 0.2) is 0 Å². The Morgan fingerprint density at radius 3 is 1.71 bits per heavy atom. The van der Waals surface area contributed by atoms with E-state index in [1.165, 1.54) is 21.6 Å². The standard InChI is InChI=1S/C53H74N4O8/c1-31(58)56(43(59)32-25-26-39-40(28-32)47(63)54(46(39)62)37-21-13-12-17-35(18-14-22-37)50(2,3)4)53(10,11)52(8,9)36-19-15-23-38(24-16-20-36)55-48(64)41-29-33-27-34(30-42(41)49(55)65)45(61)57(44(33)60)51(5,6)7/h15-16,19-20,23-24,32-35,37,39-42H,12-14,17-18,21-22,25-30H2,1-11H3/b19-15-,20-16?,23-15?,24-16-,36-19?,36-20+,38-23+,38-24?. The predicted molar refractivity (Wildman–Crippen MR) is 246 cm³/mol. The van der Waals surface area contributed by atoms with Gasteiger partial charge in [0.05, 0.1) is 34.9 Å². The average Bonchev–Trinajstić information content (AvgIpc) is 3.53. The zero-order chi connectivity index (χ0) is 47.7. The molecule has 9 unspecified atom stereocenters. The lowest BCUT2D eigenvalue weighted by atomic mass is 9.67. The molecule has 0 aromatic heterocycles. The van der Waals surface area contributed by atoms with Crippen LogP contribution in [0.15, 0.2) is 47.7 Å². The summed E-state index contributed by atoms with van der Waals surface area (Å²) in [7, 11) is 0. The maximum Gasteiger partial charge on any atom is 0.237 e. The van der Waals surface area contributed by atoms with Gasteiger partial charge in [-0.2, -0.15) is 0 Å². The largest absolute Gasteiger partial charge is 0.279 e. The smallest absolute Gasteiger partial charge is 0.237 e. The Kier molecular flexibility index (Phi) is 13.1. The van der Waals surface area contributed by atoms with Crippen LogP contribution in [-0.2, 0) is 38.4 Å². The third-order valence-corrected chi connectivity index (χ3v) is 17.0. The van der Waals surface area contributed by atoms with E-state index in [1.54, 1.807) is 29.2 Å². The van der Waals surface area contributed by atoms with Crippen LogP contribution in [0.25, 0.3) is 0 Å². The highest BCUT2D eigenvalue weighted by Crippen LogP contribution is 2.49. The van der Waals surface area contributed by atoms with Gasteiger partial charge < -0.3 is 0 Å². The summed E-state index contributed by atoms with van der Waals surface area (Å²) >= 11 is 0. The fraction of sp³-hybridized carbons (Fsp3) is 0.698. The highest BCUT2D eigenvalue weighted by atomic mass is 16.2. The van der Waals surface area contributed by atoms with Gasteiger partial charge in [-0.25, -0.2) is 0 Å². The Labute approximate surface area is 386 Å². The number of carbonyl (C=O) groups excluding carboxylic acids is 8. The number of imide groups is 4. The number of hydrogen-bond donors (Lipinski definition) is 0. The Balaban J connectivity index is 1.03. The van der Waals surface area contributed by atoms with Crippen LogP contribution in [0.2, 0.25) is 0 Å². The quantitative estimate of drug-likeness (QED) is 0.241. The van der Waals surface area contributed by atoms with E-state index in [4.69, 9.17) is 0 Å². The van der Waals surface area contributed by atoms with Gasteiger partial charge in [0.1, 0.15) is 0 Å². The van der Waals surface area contributed by atoms with Gasteiger partial charge in [-0.15, -0.1) is 0 Å². The van der Waals surface area contributed by atoms with E-state index in [-0.39, 0.29) is 72.1 Å². The molecule has 0 aromatic carbocycles. The first-order chi connectivity index (χ1) is 30.3. The van der Waals surface area contributed by atoms with E-state index in [0.717, 1.165) is 50.5 Å². The molecule has 354 valence electrons. The van der Waals surface area contributed by atoms with Crippen LogP contribution in [0, 0.1) is 58.2 Å². The lowest BCUT2D eigenvalue weighted by Gasteiger charge is -2.50. The monoisotopic (exact) mass is 895 g/mol. The molecular weight excluding hydrogens is 821 g/mol. The first-order valence-electron chi connectivity index (χ1n) is 24.5. The maximum atomic E-state index is 14.7. The summed E-state index contributed by atoms with van der Waals surface area (Å²) in [5.41, 5.74) is -1.18. The van der Waals surface area contributed by atoms with Crippen molar-refractivity contribution in [3.8, 4) is 0 Å². The number of carbonyl (C=O) groups is 8. The lowest BCUT2D eigenvalue weighted by Crippen LogP contribution is -2.60. The highest BCUT2D eigenvalue weighted by Gasteiger charge is 2.58. The maximum absolute atomic E-state index is 14.7. The number of likely N-dealkylation sites (tertiary alicyclic amines) is 3. The van der Waals surface area contributed by atoms with Crippen molar-refractivity contribution in [2.24, 2.45) is 58.2 Å². The molecular formula is C53H74N4O8. The van der Waals surface area contributed by atoms with Crippen molar-refractivity contribution in [2.45, 2.75) is 177 Å². The van der Waals surface area contributed by atoms with E-state index in [0.29, 0.717) is 30.9 Å². The van der Waals surface area contributed by atoms with Gasteiger partial charge in [-0.05, 0) is 128 Å². The summed E-state index contributed by atoms with van der Waals surface area (Å²) in [4.78, 5) is 117. The van der Waals surface area contributed by atoms with Gasteiger partial charge in [-0.1, -0.05) is 78.2 Å². The molecule has 0 spiro atoms. The summed E-state index contributed by atoms with van der Waals surface area (Å²) in [6, 6.07) is -0.115. The molecule has 3 aliphatic heterocycles. The molecule has 12 heteroatoms. The van der Waals surface area contributed by atoms with Crippen LogP contribution in [0.1, 0.15) is 160 Å². The van der Waals surface area contributed by atoms with E-state index in [1.807, 2.05) is 60.6 Å². The molecule has 7 aliphatic rings. The Hall–Kier alpha value is -4.48. The second kappa shape index (κ2) is 17.6. The normalized spacial score (nSPS) is 34.4. The van der Waals surface area contributed by atoms with Crippen LogP contribution in [0.3, 0.4) is 0 Å². The molecule has 9 atom stereocenters. The number of piperidine rings is 1. The highest BCUT2D eigenvalue weighted by molar-refractivity contribution is 6.09. The number of hydrogen-bond acceptors (Lipinski definition) is 8. The number of nitrogens with zero attached hydrogens (tertiary/aromatic N) is 4. The summed E-state index contributed by atoms with van der Waals surface area (Å²) in [5.74, 6) is -5.65. The third kappa shape index (κ3) is 8.69. The first kappa shape index (κ1) is 48.5. The predicted octanol–water partition coefficient (Wildman–Crippen LogP) is 8.46. The summed E-state index contributed by atoms with van der Waals surface area (Å²) in [5, 5.41) is 0. The number of allylic oxidation sites excluding steroid dienone is 6. The Morgan fingerprint density at radius 1 is 0.585 bits per heavy atom. The molecule has 0 aromatic rings. The zero-order valence-corrected chi connectivity index (χ0v) is 40.9. The molecule has 3 heterocycles. The Morgan fingerprint density at radius 2 is 1.12 bits per heavy atom. The summed E-state index contributed by atoms with van der Waals surface area (Å²) in [6.45, 7) is 21.5. The molecule has 7 rings (SSSR count).